The zero-order valence-electron chi connectivity index (χ0n) is 23.2. The number of nitrogens with zero attached hydrogens (tertiary/aromatic N) is 3. The van der Waals surface area contributed by atoms with Gasteiger partial charge in [-0.25, -0.2) is 9.07 Å². The second kappa shape index (κ2) is 13.5. The van der Waals surface area contributed by atoms with Gasteiger partial charge in [-0.3, -0.25) is 4.79 Å². The topological polar surface area (TPSA) is 87.1 Å². The van der Waals surface area contributed by atoms with Crippen LogP contribution in [0.1, 0.15) is 51.5 Å². The van der Waals surface area contributed by atoms with Gasteiger partial charge in [0, 0.05) is 24.9 Å². The smallest absolute Gasteiger partial charge is 0.287 e. The summed E-state index contributed by atoms with van der Waals surface area (Å²) >= 11 is 6.45. The molecule has 2 aliphatic heterocycles. The van der Waals surface area contributed by atoms with Gasteiger partial charge in [0.05, 0.1) is 63.6 Å². The lowest BCUT2D eigenvalue weighted by Crippen LogP contribution is -2.46. The van der Waals surface area contributed by atoms with E-state index in [1.807, 2.05) is 19.1 Å². The summed E-state index contributed by atoms with van der Waals surface area (Å²) in [6, 6.07) is 8.43. The van der Waals surface area contributed by atoms with Crippen LogP contribution in [-0.4, -0.2) is 80.3 Å². The standard InChI is InChI=1S/C29H40ClFN4O5/c1-2-39-24-10-8-22(9-11-24)34(17-25-18-37-14-15-40-25)21-4-6-23(7-5-21)35-28(36)27(30)26(16-33-35)32-19-29(31)12-3-13-38-20-29/h8-11,16,21,23,25,32H,2-7,12-15,17-20H2,1H3/t21?,23?,25-,29+/m1/s1. The van der Waals surface area contributed by atoms with Gasteiger partial charge in [0.15, 0.2) is 5.67 Å². The monoisotopic (exact) mass is 578 g/mol. The Kier molecular flexibility index (Phi) is 9.83. The van der Waals surface area contributed by atoms with Crippen molar-refractivity contribution in [2.45, 2.75) is 69.3 Å². The van der Waals surface area contributed by atoms with E-state index in [-0.39, 0.29) is 41.9 Å². The molecule has 40 heavy (non-hydrogen) atoms. The predicted molar refractivity (Wildman–Crippen MR) is 153 cm³/mol. The third-order valence-corrected chi connectivity index (χ3v) is 8.40. The highest BCUT2D eigenvalue weighted by atomic mass is 35.5. The molecule has 0 radical (unpaired) electrons. The molecule has 2 atom stereocenters. The molecule has 5 rings (SSSR count). The molecule has 3 fully saturated rings. The fourth-order valence-electron chi connectivity index (χ4n) is 5.88. The fraction of sp³-hybridized carbons (Fsp3) is 0.655. The van der Waals surface area contributed by atoms with E-state index in [1.54, 1.807) is 0 Å². The fourth-order valence-corrected chi connectivity index (χ4v) is 6.08. The maximum atomic E-state index is 14.9. The molecular weight excluding hydrogens is 539 g/mol. The third-order valence-electron chi connectivity index (χ3n) is 8.03. The van der Waals surface area contributed by atoms with Crippen molar-refractivity contribution in [3.8, 4) is 5.75 Å². The van der Waals surface area contributed by atoms with Gasteiger partial charge < -0.3 is 29.2 Å². The number of nitrogens with one attached hydrogen (secondary N) is 1. The van der Waals surface area contributed by atoms with Crippen LogP contribution in [0.3, 0.4) is 0 Å². The van der Waals surface area contributed by atoms with Crippen LogP contribution in [0.4, 0.5) is 15.8 Å². The van der Waals surface area contributed by atoms with Crippen molar-refractivity contribution in [3.05, 3.63) is 45.8 Å². The molecule has 2 aromatic rings. The van der Waals surface area contributed by atoms with Gasteiger partial charge in [-0.1, -0.05) is 11.6 Å². The first-order valence-corrected chi connectivity index (χ1v) is 14.8. The highest BCUT2D eigenvalue weighted by Gasteiger charge is 2.34. The van der Waals surface area contributed by atoms with Gasteiger partial charge in [0.25, 0.3) is 5.56 Å². The number of hydrogen-bond donors (Lipinski definition) is 1. The van der Waals surface area contributed by atoms with Crippen LogP contribution in [0.15, 0.2) is 35.3 Å². The number of anilines is 2. The van der Waals surface area contributed by atoms with Gasteiger partial charge in [-0.05, 0) is 69.7 Å². The normalized spacial score (nSPS) is 27.2. The number of ether oxygens (including phenoxy) is 4. The van der Waals surface area contributed by atoms with Crippen LogP contribution in [-0.2, 0) is 14.2 Å². The third kappa shape index (κ3) is 7.08. The van der Waals surface area contributed by atoms with Gasteiger partial charge >= 0.3 is 0 Å². The summed E-state index contributed by atoms with van der Waals surface area (Å²) in [5, 5.41) is 7.47. The minimum Gasteiger partial charge on any atom is -0.494 e. The molecule has 11 heteroatoms. The number of aromatic nitrogens is 2. The van der Waals surface area contributed by atoms with Crippen LogP contribution in [0.5, 0.6) is 5.75 Å². The Morgan fingerprint density at radius 1 is 1.18 bits per heavy atom. The minimum absolute atomic E-state index is 0.00445. The van der Waals surface area contributed by atoms with Crippen molar-refractivity contribution in [3.63, 3.8) is 0 Å². The average molecular weight is 579 g/mol. The number of benzene rings is 1. The maximum absolute atomic E-state index is 14.9. The van der Waals surface area contributed by atoms with E-state index in [2.05, 4.69) is 27.4 Å². The van der Waals surface area contributed by atoms with Gasteiger partial charge in [-0.15, -0.1) is 0 Å². The molecule has 0 spiro atoms. The summed E-state index contributed by atoms with van der Waals surface area (Å²) in [7, 11) is 0. The number of hydrogen-bond acceptors (Lipinski definition) is 8. The second-order valence-electron chi connectivity index (χ2n) is 10.9. The second-order valence-corrected chi connectivity index (χ2v) is 11.3. The van der Waals surface area contributed by atoms with E-state index in [9.17, 15) is 9.18 Å². The summed E-state index contributed by atoms with van der Waals surface area (Å²) in [4.78, 5) is 15.6. The molecule has 1 aromatic carbocycles. The van der Waals surface area contributed by atoms with Crippen LogP contribution >= 0.6 is 11.6 Å². The Morgan fingerprint density at radius 3 is 2.65 bits per heavy atom. The largest absolute Gasteiger partial charge is 0.494 e. The molecular formula is C29H40ClFN4O5. The minimum atomic E-state index is -1.47. The Hall–Kier alpha value is -2.40. The lowest BCUT2D eigenvalue weighted by atomic mass is 9.89. The summed E-state index contributed by atoms with van der Waals surface area (Å²) in [5.41, 5.74) is -0.350. The zero-order valence-corrected chi connectivity index (χ0v) is 23.9. The summed E-state index contributed by atoms with van der Waals surface area (Å²) in [6.45, 7) is 5.79. The van der Waals surface area contributed by atoms with Crippen molar-refractivity contribution in [2.75, 3.05) is 62.9 Å². The van der Waals surface area contributed by atoms with Gasteiger partial charge in [0.2, 0.25) is 0 Å². The summed E-state index contributed by atoms with van der Waals surface area (Å²) in [6.07, 6.45) is 6.00. The number of rotatable bonds is 10. The molecule has 0 unspecified atom stereocenters. The zero-order chi connectivity index (χ0) is 28.0. The highest BCUT2D eigenvalue weighted by Crippen LogP contribution is 2.34. The quantitative estimate of drug-likeness (QED) is 0.437. The molecule has 0 bridgehead atoms. The van der Waals surface area contributed by atoms with E-state index in [0.717, 1.165) is 43.7 Å². The highest BCUT2D eigenvalue weighted by molar-refractivity contribution is 6.32. The summed E-state index contributed by atoms with van der Waals surface area (Å²) < 4.78 is 39.0. The molecule has 220 valence electrons. The maximum Gasteiger partial charge on any atom is 0.287 e. The molecule has 1 aliphatic carbocycles. The number of halogens is 2. The first kappa shape index (κ1) is 29.1. The van der Waals surface area contributed by atoms with Crippen molar-refractivity contribution in [1.29, 1.82) is 0 Å². The number of alkyl halides is 1. The summed E-state index contributed by atoms with van der Waals surface area (Å²) in [5.74, 6) is 0.848. The van der Waals surface area contributed by atoms with E-state index in [4.69, 9.17) is 30.5 Å². The Bertz CT molecular complexity index is 1150. The van der Waals surface area contributed by atoms with Crippen LogP contribution in [0, 0.1) is 0 Å². The van der Waals surface area contributed by atoms with E-state index < -0.39 is 5.67 Å². The van der Waals surface area contributed by atoms with Gasteiger partial charge in [0.1, 0.15) is 10.8 Å². The Morgan fingerprint density at radius 2 is 1.98 bits per heavy atom. The molecule has 1 saturated carbocycles. The molecule has 3 heterocycles. The van der Waals surface area contributed by atoms with Crippen LogP contribution in [0.25, 0.3) is 0 Å². The molecule has 1 aromatic heterocycles. The Labute approximate surface area is 239 Å². The van der Waals surface area contributed by atoms with Crippen LogP contribution < -0.4 is 20.5 Å². The molecule has 0 amide bonds. The van der Waals surface area contributed by atoms with Crippen LogP contribution in [0.2, 0.25) is 5.02 Å². The van der Waals surface area contributed by atoms with Gasteiger partial charge in [-0.2, -0.15) is 5.10 Å². The van der Waals surface area contributed by atoms with Crippen molar-refractivity contribution < 1.29 is 23.3 Å². The SMILES string of the molecule is CCOc1ccc(N(C[C@@H]2COCCO2)C2CCC(n3ncc(NC[C@@]4(F)CCCOC4)c(Cl)c3=O)CC2)cc1. The Balaban J connectivity index is 1.24. The van der Waals surface area contributed by atoms with E-state index >= 15 is 0 Å². The predicted octanol–water partition coefficient (Wildman–Crippen LogP) is 4.63. The van der Waals surface area contributed by atoms with Crippen molar-refractivity contribution >= 4 is 23.0 Å². The first-order valence-electron chi connectivity index (χ1n) is 14.4. The molecule has 3 aliphatic rings. The lowest BCUT2D eigenvalue weighted by Gasteiger charge is -2.40. The average Bonchev–Trinajstić information content (AvgIpc) is 2.98. The van der Waals surface area contributed by atoms with Crippen molar-refractivity contribution in [1.82, 2.24) is 9.78 Å². The van der Waals surface area contributed by atoms with E-state index in [0.29, 0.717) is 51.6 Å². The molecule has 1 N–H and O–H groups in total. The molecule has 2 saturated heterocycles. The molecule has 9 nitrogen and oxygen atoms in total. The lowest BCUT2D eigenvalue weighted by molar-refractivity contribution is -0.0847. The van der Waals surface area contributed by atoms with E-state index in [1.165, 1.54) is 10.9 Å². The first-order chi connectivity index (χ1) is 19.5. The van der Waals surface area contributed by atoms with Crippen molar-refractivity contribution in [2.24, 2.45) is 0 Å².